The highest BCUT2D eigenvalue weighted by molar-refractivity contribution is 5.70. The van der Waals surface area contributed by atoms with Crippen molar-refractivity contribution in [3.8, 4) is 11.5 Å². The average Bonchev–Trinajstić information content (AvgIpc) is 2.96. The van der Waals surface area contributed by atoms with Crippen LogP contribution in [0.15, 0.2) is 42.1 Å². The summed E-state index contributed by atoms with van der Waals surface area (Å²) in [6.07, 6.45) is 8.52. The van der Waals surface area contributed by atoms with E-state index >= 15 is 0 Å². The van der Waals surface area contributed by atoms with Gasteiger partial charge >= 0.3 is 0 Å². The Kier molecular flexibility index (Phi) is 4.88. The zero-order valence-electron chi connectivity index (χ0n) is 12.7. The van der Waals surface area contributed by atoms with E-state index in [1.54, 1.807) is 13.2 Å². The van der Waals surface area contributed by atoms with Gasteiger partial charge in [-0.1, -0.05) is 17.7 Å². The van der Waals surface area contributed by atoms with Crippen LogP contribution >= 0.6 is 0 Å². The van der Waals surface area contributed by atoms with Crippen LogP contribution in [0.3, 0.4) is 0 Å². The summed E-state index contributed by atoms with van der Waals surface area (Å²) in [5.41, 5.74) is 3.95. The normalized spacial score (nSPS) is 10.8. The van der Waals surface area contributed by atoms with E-state index in [0.717, 1.165) is 16.8 Å². The first-order chi connectivity index (χ1) is 10.1. The molecular formula is C18H21NO2. The van der Waals surface area contributed by atoms with E-state index in [4.69, 9.17) is 4.74 Å². The number of aromatic nitrogens is 1. The number of methoxy groups -OCH3 is 1. The summed E-state index contributed by atoms with van der Waals surface area (Å²) in [7, 11) is 1.62. The number of H-pyrrole nitrogens is 1. The Morgan fingerprint density at radius 3 is 2.71 bits per heavy atom. The van der Waals surface area contributed by atoms with Gasteiger partial charge in [0.2, 0.25) is 0 Å². The zero-order chi connectivity index (χ0) is 15.2. The Bertz CT molecular complexity index is 648. The quantitative estimate of drug-likeness (QED) is 0.798. The van der Waals surface area contributed by atoms with Gasteiger partial charge < -0.3 is 14.8 Å². The molecule has 110 valence electrons. The number of rotatable bonds is 5. The van der Waals surface area contributed by atoms with Crippen molar-refractivity contribution in [3.63, 3.8) is 0 Å². The molecular weight excluding hydrogens is 262 g/mol. The molecule has 1 aromatic carbocycles. The molecule has 0 bridgehead atoms. The SMILES string of the molecule is COc1cc(/C=C/c2ccc[nH]2)cc(O)c1CC=C(C)C. The third-order valence-electron chi connectivity index (χ3n) is 3.22. The molecule has 0 atom stereocenters. The molecule has 0 saturated heterocycles. The van der Waals surface area contributed by atoms with Crippen molar-refractivity contribution in [1.29, 1.82) is 0 Å². The molecule has 0 radical (unpaired) electrons. The molecule has 0 aliphatic rings. The van der Waals surface area contributed by atoms with Gasteiger partial charge in [-0.15, -0.1) is 0 Å². The van der Waals surface area contributed by atoms with Crippen LogP contribution in [0.4, 0.5) is 0 Å². The van der Waals surface area contributed by atoms with Gasteiger partial charge in [-0.25, -0.2) is 0 Å². The standard InChI is InChI=1S/C18H21NO2/c1-13(2)6-9-16-17(20)11-14(12-18(16)21-3)7-8-15-5-4-10-19-15/h4-8,10-12,19-20H,9H2,1-3H3/b8-7+. The summed E-state index contributed by atoms with van der Waals surface area (Å²) >= 11 is 0. The first-order valence-electron chi connectivity index (χ1n) is 6.95. The summed E-state index contributed by atoms with van der Waals surface area (Å²) in [6.45, 7) is 4.08. The topological polar surface area (TPSA) is 45.2 Å². The predicted molar refractivity (Wildman–Crippen MR) is 87.5 cm³/mol. The number of hydrogen-bond donors (Lipinski definition) is 2. The van der Waals surface area contributed by atoms with E-state index in [2.05, 4.69) is 11.1 Å². The van der Waals surface area contributed by atoms with Gasteiger partial charge in [0, 0.05) is 17.5 Å². The van der Waals surface area contributed by atoms with Crippen LogP contribution in [0.5, 0.6) is 11.5 Å². The number of benzene rings is 1. The van der Waals surface area contributed by atoms with Crippen molar-refractivity contribution in [1.82, 2.24) is 4.98 Å². The molecule has 2 rings (SSSR count). The zero-order valence-corrected chi connectivity index (χ0v) is 12.7. The Morgan fingerprint density at radius 1 is 1.29 bits per heavy atom. The Hall–Kier alpha value is -2.42. The molecule has 0 aliphatic heterocycles. The number of allylic oxidation sites excluding steroid dienone is 2. The first kappa shape index (κ1) is 15.0. The fraction of sp³-hybridized carbons (Fsp3) is 0.222. The highest BCUT2D eigenvalue weighted by Crippen LogP contribution is 2.31. The second-order valence-corrected chi connectivity index (χ2v) is 5.17. The number of aromatic hydroxyl groups is 1. The maximum absolute atomic E-state index is 10.2. The van der Waals surface area contributed by atoms with Crippen molar-refractivity contribution in [2.75, 3.05) is 7.11 Å². The summed E-state index contributed by atoms with van der Waals surface area (Å²) in [5.74, 6) is 0.969. The molecule has 3 heteroatoms. The number of ether oxygens (including phenoxy) is 1. The van der Waals surface area contributed by atoms with Crippen LogP contribution in [-0.4, -0.2) is 17.2 Å². The molecule has 21 heavy (non-hydrogen) atoms. The highest BCUT2D eigenvalue weighted by atomic mass is 16.5. The third-order valence-corrected chi connectivity index (χ3v) is 3.22. The van der Waals surface area contributed by atoms with Gasteiger partial charge in [-0.2, -0.15) is 0 Å². The number of nitrogens with one attached hydrogen (secondary N) is 1. The minimum absolute atomic E-state index is 0.262. The lowest BCUT2D eigenvalue weighted by molar-refractivity contribution is 0.401. The van der Waals surface area contributed by atoms with E-state index in [-0.39, 0.29) is 5.75 Å². The fourth-order valence-electron chi connectivity index (χ4n) is 2.07. The lowest BCUT2D eigenvalue weighted by atomic mass is 10.0. The minimum Gasteiger partial charge on any atom is -0.507 e. The maximum Gasteiger partial charge on any atom is 0.126 e. The Balaban J connectivity index is 2.29. The van der Waals surface area contributed by atoms with Crippen molar-refractivity contribution in [3.05, 3.63) is 58.9 Å². The maximum atomic E-state index is 10.2. The van der Waals surface area contributed by atoms with E-state index < -0.39 is 0 Å². The lowest BCUT2D eigenvalue weighted by Gasteiger charge is -2.10. The minimum atomic E-state index is 0.262. The van der Waals surface area contributed by atoms with Crippen molar-refractivity contribution < 1.29 is 9.84 Å². The van der Waals surface area contributed by atoms with E-state index in [1.807, 2.05) is 50.4 Å². The van der Waals surface area contributed by atoms with E-state index in [9.17, 15) is 5.11 Å². The molecule has 0 amide bonds. The van der Waals surface area contributed by atoms with Crippen LogP contribution in [0.1, 0.15) is 30.7 Å². The summed E-state index contributed by atoms with van der Waals surface area (Å²) in [6, 6.07) is 7.63. The van der Waals surface area contributed by atoms with Crippen LogP contribution in [0.2, 0.25) is 0 Å². The molecule has 2 aromatic rings. The van der Waals surface area contributed by atoms with Crippen LogP contribution in [0, 0.1) is 0 Å². The van der Waals surface area contributed by atoms with Crippen molar-refractivity contribution >= 4 is 12.2 Å². The van der Waals surface area contributed by atoms with Crippen molar-refractivity contribution in [2.24, 2.45) is 0 Å². The van der Waals surface area contributed by atoms with Gasteiger partial charge in [0.1, 0.15) is 11.5 Å². The molecule has 1 heterocycles. The molecule has 0 saturated carbocycles. The molecule has 0 fully saturated rings. The molecule has 0 unspecified atom stereocenters. The van der Waals surface area contributed by atoms with Gasteiger partial charge in [0.25, 0.3) is 0 Å². The molecule has 0 spiro atoms. The van der Waals surface area contributed by atoms with Crippen LogP contribution in [0.25, 0.3) is 12.2 Å². The average molecular weight is 283 g/mol. The highest BCUT2D eigenvalue weighted by Gasteiger charge is 2.09. The Labute approximate surface area is 125 Å². The lowest BCUT2D eigenvalue weighted by Crippen LogP contribution is -1.93. The van der Waals surface area contributed by atoms with Gasteiger partial charge in [-0.05, 0) is 56.2 Å². The van der Waals surface area contributed by atoms with Gasteiger partial charge in [0.05, 0.1) is 7.11 Å². The number of phenolic OH excluding ortho intramolecular Hbond substituents is 1. The smallest absolute Gasteiger partial charge is 0.126 e. The molecule has 1 aromatic heterocycles. The van der Waals surface area contributed by atoms with Crippen molar-refractivity contribution in [2.45, 2.75) is 20.3 Å². The monoisotopic (exact) mass is 283 g/mol. The van der Waals surface area contributed by atoms with Crippen LogP contribution in [-0.2, 0) is 6.42 Å². The first-order valence-corrected chi connectivity index (χ1v) is 6.95. The molecule has 0 aliphatic carbocycles. The summed E-state index contributed by atoms with van der Waals surface area (Å²) in [5, 5.41) is 10.2. The second kappa shape index (κ2) is 6.84. The van der Waals surface area contributed by atoms with E-state index in [1.165, 1.54) is 5.57 Å². The predicted octanol–water partition coefficient (Wildman–Crippen LogP) is 4.41. The molecule has 3 nitrogen and oxygen atoms in total. The number of aromatic amines is 1. The second-order valence-electron chi connectivity index (χ2n) is 5.17. The van der Waals surface area contributed by atoms with Gasteiger partial charge in [-0.3, -0.25) is 0 Å². The summed E-state index contributed by atoms with van der Waals surface area (Å²) in [4.78, 5) is 3.11. The third kappa shape index (κ3) is 4.02. The number of hydrogen-bond acceptors (Lipinski definition) is 2. The van der Waals surface area contributed by atoms with Gasteiger partial charge in [0.15, 0.2) is 0 Å². The van der Waals surface area contributed by atoms with E-state index in [0.29, 0.717) is 12.2 Å². The largest absolute Gasteiger partial charge is 0.507 e. The van der Waals surface area contributed by atoms with Crippen LogP contribution < -0.4 is 4.74 Å². The number of phenols is 1. The summed E-state index contributed by atoms with van der Waals surface area (Å²) < 4.78 is 5.41. The molecule has 2 N–H and O–H groups in total. The Morgan fingerprint density at radius 2 is 2.10 bits per heavy atom. The fourth-order valence-corrected chi connectivity index (χ4v) is 2.07.